The number of amides is 2. The van der Waals surface area contributed by atoms with Crippen molar-refractivity contribution in [2.45, 2.75) is 58.0 Å². The van der Waals surface area contributed by atoms with Crippen LogP contribution in [0.4, 0.5) is 13.2 Å². The molecule has 2 amide bonds. The monoisotopic (exact) mass is 420 g/mol. The molecular weight excluding hydrogens is 393 g/mol. The van der Waals surface area contributed by atoms with Gasteiger partial charge >= 0.3 is 12.1 Å². The van der Waals surface area contributed by atoms with Crippen molar-refractivity contribution in [3.8, 4) is 0 Å². The van der Waals surface area contributed by atoms with Crippen molar-refractivity contribution in [1.82, 2.24) is 10.2 Å². The second kappa shape index (κ2) is 6.85. The van der Waals surface area contributed by atoms with Gasteiger partial charge in [-0.3, -0.25) is 9.59 Å². The van der Waals surface area contributed by atoms with Crippen LogP contribution < -0.4 is 5.32 Å². The highest BCUT2D eigenvalue weighted by atomic mass is 19.4. The Balaban J connectivity index is 1.82. The molecule has 2 saturated carbocycles. The highest BCUT2D eigenvalue weighted by molar-refractivity contribution is 5.94. The number of methoxy groups -OCH3 is 2. The summed E-state index contributed by atoms with van der Waals surface area (Å²) in [6, 6.07) is -2.16. The van der Waals surface area contributed by atoms with Gasteiger partial charge in [-0.1, -0.05) is 13.8 Å². The average Bonchev–Trinajstić information content (AvgIpc) is 3.50. The van der Waals surface area contributed by atoms with Gasteiger partial charge in [0.1, 0.15) is 17.5 Å². The van der Waals surface area contributed by atoms with Gasteiger partial charge in [0.2, 0.25) is 11.8 Å². The van der Waals surface area contributed by atoms with Gasteiger partial charge in [0.15, 0.2) is 0 Å². The Morgan fingerprint density at radius 2 is 1.76 bits per heavy atom. The van der Waals surface area contributed by atoms with E-state index in [1.165, 1.54) is 26.0 Å². The average molecular weight is 420 g/mol. The molecule has 0 radical (unpaired) electrons. The largest absolute Gasteiger partial charge is 0.467 e. The van der Waals surface area contributed by atoms with Crippen LogP contribution in [0, 0.1) is 22.7 Å². The maximum Gasteiger partial charge on any atom is 0.403 e. The van der Waals surface area contributed by atoms with E-state index in [0.29, 0.717) is 0 Å². The molecule has 3 aliphatic rings. The van der Waals surface area contributed by atoms with Crippen molar-refractivity contribution in [2.75, 3.05) is 20.8 Å². The molecule has 1 aliphatic heterocycles. The maximum atomic E-state index is 13.3. The van der Waals surface area contributed by atoms with Crippen molar-refractivity contribution in [2.24, 2.45) is 22.7 Å². The number of likely N-dealkylation sites (tertiary alicyclic amines) is 1. The van der Waals surface area contributed by atoms with Crippen LogP contribution in [-0.4, -0.2) is 67.8 Å². The third-order valence-corrected chi connectivity index (χ3v) is 7.06. The van der Waals surface area contributed by atoms with Gasteiger partial charge in [-0.15, -0.1) is 0 Å². The Hall–Kier alpha value is -1.84. The summed E-state index contributed by atoms with van der Waals surface area (Å²) >= 11 is 0. The fourth-order valence-electron chi connectivity index (χ4n) is 4.64. The highest BCUT2D eigenvalue weighted by Gasteiger charge is 2.71. The molecule has 0 unspecified atom stereocenters. The number of nitrogens with zero attached hydrogens (tertiary/aromatic N) is 1. The van der Waals surface area contributed by atoms with Gasteiger partial charge in [0, 0.05) is 19.6 Å². The zero-order valence-corrected chi connectivity index (χ0v) is 17.1. The van der Waals surface area contributed by atoms with E-state index in [4.69, 9.17) is 9.47 Å². The smallest absolute Gasteiger partial charge is 0.403 e. The van der Waals surface area contributed by atoms with E-state index in [0.717, 1.165) is 0 Å². The molecule has 1 N–H and O–H groups in total. The summed E-state index contributed by atoms with van der Waals surface area (Å²) in [5, 5.41) is 2.25. The fraction of sp³-hybridized carbons (Fsp3) is 0.842. The van der Waals surface area contributed by atoms with E-state index in [2.05, 4.69) is 5.32 Å². The normalized spacial score (nSPS) is 30.8. The lowest BCUT2D eigenvalue weighted by Gasteiger charge is -2.34. The third-order valence-electron chi connectivity index (χ3n) is 7.06. The summed E-state index contributed by atoms with van der Waals surface area (Å²) in [6.07, 6.45) is -6.18. The maximum absolute atomic E-state index is 13.3. The number of alkyl halides is 3. The van der Waals surface area contributed by atoms with E-state index in [1.807, 2.05) is 13.8 Å². The van der Waals surface area contributed by atoms with Crippen molar-refractivity contribution < 1.29 is 37.0 Å². The van der Waals surface area contributed by atoms with Gasteiger partial charge in [0.05, 0.1) is 13.2 Å². The lowest BCUT2D eigenvalue weighted by atomic mass is 9.99. The zero-order chi connectivity index (χ0) is 21.9. The first-order valence-electron chi connectivity index (χ1n) is 9.62. The minimum atomic E-state index is -4.69. The molecule has 0 bridgehead atoms. The van der Waals surface area contributed by atoms with Gasteiger partial charge in [-0.25, -0.2) is 4.79 Å². The van der Waals surface area contributed by atoms with Gasteiger partial charge in [0.25, 0.3) is 0 Å². The van der Waals surface area contributed by atoms with Crippen molar-refractivity contribution >= 4 is 17.8 Å². The predicted molar refractivity (Wildman–Crippen MR) is 94.4 cm³/mol. The lowest BCUT2D eigenvalue weighted by molar-refractivity contribution is -0.193. The molecule has 10 heteroatoms. The van der Waals surface area contributed by atoms with Crippen LogP contribution in [0.2, 0.25) is 0 Å². The first kappa shape index (κ1) is 21.9. The van der Waals surface area contributed by atoms with Gasteiger partial charge in [-0.2, -0.15) is 13.2 Å². The Morgan fingerprint density at radius 1 is 1.17 bits per heavy atom. The highest BCUT2D eigenvalue weighted by Crippen LogP contribution is 2.65. The molecule has 0 aromatic carbocycles. The molecule has 29 heavy (non-hydrogen) atoms. The van der Waals surface area contributed by atoms with Crippen LogP contribution in [0.3, 0.4) is 0 Å². The van der Waals surface area contributed by atoms with Crippen LogP contribution in [0.5, 0.6) is 0 Å². The SMILES string of the molecule is COC(=O)[C@@H]1[C@@H]2[C@H](CN1C(=O)[C@@H](NC(=O)C1(C(F)(F)F)CC1)[C@@H](C)OC)C2(C)C. The molecule has 2 aliphatic carbocycles. The Morgan fingerprint density at radius 3 is 2.21 bits per heavy atom. The number of ether oxygens (including phenoxy) is 2. The summed E-state index contributed by atoms with van der Waals surface area (Å²) in [5.74, 6) is -2.43. The fourth-order valence-corrected chi connectivity index (χ4v) is 4.64. The number of hydrogen-bond acceptors (Lipinski definition) is 5. The van der Waals surface area contributed by atoms with Gasteiger partial charge < -0.3 is 19.7 Å². The number of halogens is 3. The number of hydrogen-bond donors (Lipinski definition) is 1. The quantitative estimate of drug-likeness (QED) is 0.659. The molecule has 164 valence electrons. The number of fused-ring (bicyclic) bond motifs is 1. The number of piperidine rings is 1. The molecule has 1 saturated heterocycles. The summed E-state index contributed by atoms with van der Waals surface area (Å²) in [7, 11) is 2.53. The van der Waals surface area contributed by atoms with E-state index in [1.54, 1.807) is 0 Å². The lowest BCUT2D eigenvalue weighted by Crippen LogP contribution is -2.59. The standard InChI is InChI=1S/C19H27F3N2O5/c1-9(28-4)12(23-16(27)18(6-7-18)19(20,21)22)14(25)24-8-10-11(17(10,2)3)13(24)15(26)29-5/h9-13H,6-8H2,1-5H3,(H,23,27)/t9-,10+,11+,12+,13+/m1/s1. The van der Waals surface area contributed by atoms with E-state index in [-0.39, 0.29) is 36.6 Å². The topological polar surface area (TPSA) is 84.9 Å². The van der Waals surface area contributed by atoms with Crippen LogP contribution in [0.15, 0.2) is 0 Å². The Labute approximate surface area is 167 Å². The molecule has 5 atom stereocenters. The van der Waals surface area contributed by atoms with Crippen molar-refractivity contribution in [3.63, 3.8) is 0 Å². The van der Waals surface area contributed by atoms with Crippen LogP contribution in [0.25, 0.3) is 0 Å². The molecular formula is C19H27F3N2O5. The minimum Gasteiger partial charge on any atom is -0.467 e. The van der Waals surface area contributed by atoms with Crippen LogP contribution >= 0.6 is 0 Å². The molecule has 3 fully saturated rings. The molecule has 0 spiro atoms. The molecule has 7 nitrogen and oxygen atoms in total. The van der Waals surface area contributed by atoms with E-state index >= 15 is 0 Å². The molecule has 0 aromatic heterocycles. The summed E-state index contributed by atoms with van der Waals surface area (Å²) in [4.78, 5) is 39.3. The molecule has 3 rings (SSSR count). The first-order chi connectivity index (χ1) is 13.3. The van der Waals surface area contributed by atoms with E-state index in [9.17, 15) is 27.6 Å². The summed E-state index contributed by atoms with van der Waals surface area (Å²) in [6.45, 7) is 5.77. The Kier molecular flexibility index (Phi) is 5.16. The molecule has 1 heterocycles. The van der Waals surface area contributed by atoms with Crippen LogP contribution in [0.1, 0.15) is 33.6 Å². The number of esters is 1. The van der Waals surface area contributed by atoms with Crippen molar-refractivity contribution in [1.29, 1.82) is 0 Å². The molecule has 0 aromatic rings. The summed E-state index contributed by atoms with van der Waals surface area (Å²) in [5.41, 5.74) is -2.58. The zero-order valence-electron chi connectivity index (χ0n) is 17.1. The number of carbonyl (C=O) groups is 3. The third kappa shape index (κ3) is 3.29. The predicted octanol–water partition coefficient (Wildman–Crippen LogP) is 1.50. The number of rotatable bonds is 6. The van der Waals surface area contributed by atoms with Crippen LogP contribution in [-0.2, 0) is 23.9 Å². The van der Waals surface area contributed by atoms with Gasteiger partial charge in [-0.05, 0) is 31.1 Å². The van der Waals surface area contributed by atoms with Crippen molar-refractivity contribution in [3.05, 3.63) is 0 Å². The summed E-state index contributed by atoms with van der Waals surface area (Å²) < 4.78 is 49.9. The number of nitrogens with one attached hydrogen (secondary N) is 1. The first-order valence-corrected chi connectivity index (χ1v) is 9.62. The number of carbonyl (C=O) groups excluding carboxylic acids is 3. The minimum absolute atomic E-state index is 0.0851. The Bertz CT molecular complexity index is 719. The van der Waals surface area contributed by atoms with E-state index < -0.39 is 47.6 Å². The second-order valence-corrected chi connectivity index (χ2v) is 8.88. The second-order valence-electron chi connectivity index (χ2n) is 8.88.